The average molecular weight is 316 g/mol. The predicted molar refractivity (Wildman–Crippen MR) is 86.5 cm³/mol. The third kappa shape index (κ3) is 2.90. The van der Waals surface area contributed by atoms with Crippen LogP contribution in [0.25, 0.3) is 0 Å². The number of piperidine rings is 1. The molecule has 3 heterocycles. The van der Waals surface area contributed by atoms with E-state index in [4.69, 9.17) is 4.52 Å². The molecule has 0 aliphatic carbocycles. The van der Waals surface area contributed by atoms with Gasteiger partial charge in [0.05, 0.1) is 11.7 Å². The van der Waals surface area contributed by atoms with Crippen LogP contribution < -0.4 is 0 Å². The van der Waals surface area contributed by atoms with Gasteiger partial charge in [-0.15, -0.1) is 0 Å². The van der Waals surface area contributed by atoms with E-state index in [1.165, 1.54) is 0 Å². The van der Waals surface area contributed by atoms with Crippen LogP contribution in [0.4, 0.5) is 0 Å². The molecule has 0 aromatic carbocycles. The molecule has 6 heteroatoms. The quantitative estimate of drug-likeness (QED) is 0.873. The zero-order valence-corrected chi connectivity index (χ0v) is 14.2. The van der Waals surface area contributed by atoms with Gasteiger partial charge in [-0.25, -0.2) is 4.98 Å². The van der Waals surface area contributed by atoms with Gasteiger partial charge >= 0.3 is 0 Å². The number of carbonyl (C=O) groups excluding carboxylic acids is 1. The summed E-state index contributed by atoms with van der Waals surface area (Å²) < 4.78 is 7.54. The second kappa shape index (κ2) is 6.18. The Labute approximate surface area is 136 Å². The minimum Gasteiger partial charge on any atom is -0.360 e. The lowest BCUT2D eigenvalue weighted by molar-refractivity contribution is 0.0674. The van der Waals surface area contributed by atoms with Crippen molar-refractivity contribution in [3.05, 3.63) is 35.2 Å². The molecule has 1 aliphatic rings. The normalized spacial score (nSPS) is 18.7. The molecule has 2 aromatic rings. The van der Waals surface area contributed by atoms with E-state index in [2.05, 4.69) is 14.7 Å². The lowest BCUT2D eigenvalue weighted by Crippen LogP contribution is -2.41. The van der Waals surface area contributed by atoms with Gasteiger partial charge < -0.3 is 14.0 Å². The fraction of sp³-hybridized carbons (Fsp3) is 0.588. The Morgan fingerprint density at radius 1 is 1.39 bits per heavy atom. The van der Waals surface area contributed by atoms with E-state index >= 15 is 0 Å². The van der Waals surface area contributed by atoms with E-state index in [0.29, 0.717) is 23.6 Å². The second-order valence-electron chi connectivity index (χ2n) is 6.59. The summed E-state index contributed by atoms with van der Waals surface area (Å²) in [7, 11) is 0. The van der Waals surface area contributed by atoms with E-state index in [1.54, 1.807) is 0 Å². The molecule has 0 spiro atoms. The molecule has 124 valence electrons. The van der Waals surface area contributed by atoms with E-state index in [0.717, 1.165) is 25.2 Å². The molecule has 1 atom stereocenters. The minimum absolute atomic E-state index is 0.0370. The highest BCUT2D eigenvalue weighted by Crippen LogP contribution is 2.28. The lowest BCUT2D eigenvalue weighted by Gasteiger charge is -2.34. The van der Waals surface area contributed by atoms with Crippen molar-refractivity contribution < 1.29 is 9.32 Å². The summed E-state index contributed by atoms with van der Waals surface area (Å²) in [6.45, 7) is 9.37. The number of nitrogens with zero attached hydrogens (tertiary/aromatic N) is 4. The molecule has 1 aliphatic heterocycles. The fourth-order valence-electron chi connectivity index (χ4n) is 3.34. The smallest absolute Gasteiger partial charge is 0.259 e. The van der Waals surface area contributed by atoms with Crippen LogP contribution >= 0.6 is 0 Å². The molecule has 23 heavy (non-hydrogen) atoms. The number of hydrogen-bond acceptors (Lipinski definition) is 4. The zero-order chi connectivity index (χ0) is 16.6. The number of amides is 1. The van der Waals surface area contributed by atoms with Crippen molar-refractivity contribution in [3.63, 3.8) is 0 Å². The van der Waals surface area contributed by atoms with Crippen LogP contribution in [0.1, 0.15) is 66.3 Å². The van der Waals surface area contributed by atoms with Crippen molar-refractivity contribution in [2.45, 2.75) is 52.5 Å². The number of imidazole rings is 1. The number of hydrogen-bond donors (Lipinski definition) is 0. The maximum Gasteiger partial charge on any atom is 0.259 e. The van der Waals surface area contributed by atoms with Crippen LogP contribution in [-0.4, -0.2) is 38.6 Å². The standard InChI is InChI=1S/C17H24N4O2/c1-11(2)16-15(12(3)19-23-16)17(22)20-8-5-6-14(10-20)21-9-7-18-13(21)4/h7,9,11,14H,5-6,8,10H2,1-4H3. The second-order valence-corrected chi connectivity index (χ2v) is 6.59. The van der Waals surface area contributed by atoms with E-state index in [-0.39, 0.29) is 17.9 Å². The summed E-state index contributed by atoms with van der Waals surface area (Å²) in [4.78, 5) is 19.2. The van der Waals surface area contributed by atoms with Gasteiger partial charge in [0.2, 0.25) is 0 Å². The molecule has 2 aromatic heterocycles. The highest BCUT2D eigenvalue weighted by molar-refractivity contribution is 5.96. The molecule has 0 radical (unpaired) electrons. The van der Waals surface area contributed by atoms with Crippen LogP contribution in [0.2, 0.25) is 0 Å². The summed E-state index contributed by atoms with van der Waals surface area (Å²) in [5.41, 5.74) is 1.32. The first-order valence-electron chi connectivity index (χ1n) is 8.24. The largest absolute Gasteiger partial charge is 0.360 e. The maximum atomic E-state index is 13.0. The van der Waals surface area contributed by atoms with Gasteiger partial charge in [-0.2, -0.15) is 0 Å². The molecule has 0 bridgehead atoms. The van der Waals surface area contributed by atoms with Crippen molar-refractivity contribution in [1.82, 2.24) is 19.6 Å². The molecule has 0 saturated carbocycles. The van der Waals surface area contributed by atoms with E-state index in [1.807, 2.05) is 45.0 Å². The van der Waals surface area contributed by atoms with E-state index < -0.39 is 0 Å². The van der Waals surface area contributed by atoms with Gasteiger partial charge in [-0.3, -0.25) is 4.79 Å². The van der Waals surface area contributed by atoms with Gasteiger partial charge in [-0.05, 0) is 26.7 Å². The molecule has 3 rings (SSSR count). The number of rotatable bonds is 3. The summed E-state index contributed by atoms with van der Waals surface area (Å²) >= 11 is 0. The SMILES string of the molecule is Cc1noc(C(C)C)c1C(=O)N1CCCC(n2ccnc2C)C1. The zero-order valence-electron chi connectivity index (χ0n) is 14.2. The highest BCUT2D eigenvalue weighted by atomic mass is 16.5. The van der Waals surface area contributed by atoms with Crippen molar-refractivity contribution in [2.75, 3.05) is 13.1 Å². The molecule has 1 amide bonds. The monoisotopic (exact) mass is 316 g/mol. The lowest BCUT2D eigenvalue weighted by atomic mass is 10.0. The first-order chi connectivity index (χ1) is 11.0. The third-order valence-electron chi connectivity index (χ3n) is 4.57. The first kappa shape index (κ1) is 15.8. The van der Waals surface area contributed by atoms with Gasteiger partial charge in [0.15, 0.2) is 5.76 Å². The number of carbonyl (C=O) groups is 1. The Kier molecular flexibility index (Phi) is 4.24. The third-order valence-corrected chi connectivity index (χ3v) is 4.57. The summed E-state index contributed by atoms with van der Waals surface area (Å²) in [6.07, 6.45) is 5.88. The van der Waals surface area contributed by atoms with Gasteiger partial charge in [0, 0.05) is 31.4 Å². The molecule has 6 nitrogen and oxygen atoms in total. The molecule has 0 N–H and O–H groups in total. The van der Waals surface area contributed by atoms with Crippen molar-refractivity contribution >= 4 is 5.91 Å². The molecule has 1 unspecified atom stereocenters. The number of aromatic nitrogens is 3. The van der Waals surface area contributed by atoms with Crippen molar-refractivity contribution in [2.24, 2.45) is 0 Å². The number of aryl methyl sites for hydroxylation is 2. The van der Waals surface area contributed by atoms with Crippen LogP contribution in [0.5, 0.6) is 0 Å². The Bertz CT molecular complexity index is 701. The van der Waals surface area contributed by atoms with Crippen molar-refractivity contribution in [3.8, 4) is 0 Å². The molecule has 1 saturated heterocycles. The van der Waals surface area contributed by atoms with Gasteiger partial charge in [0.1, 0.15) is 11.4 Å². The summed E-state index contributed by atoms with van der Waals surface area (Å²) in [5, 5.41) is 4.00. The van der Waals surface area contributed by atoms with Gasteiger partial charge in [0.25, 0.3) is 5.91 Å². The van der Waals surface area contributed by atoms with Crippen LogP contribution in [0.3, 0.4) is 0 Å². The summed E-state index contributed by atoms with van der Waals surface area (Å²) in [5.74, 6) is 1.86. The van der Waals surface area contributed by atoms with Crippen LogP contribution in [0, 0.1) is 13.8 Å². The predicted octanol–water partition coefficient (Wildman–Crippen LogP) is 3.09. The first-order valence-corrected chi connectivity index (χ1v) is 8.24. The molecule has 1 fully saturated rings. The Morgan fingerprint density at radius 3 is 2.83 bits per heavy atom. The Balaban J connectivity index is 1.83. The molecular weight excluding hydrogens is 292 g/mol. The maximum absolute atomic E-state index is 13.0. The van der Waals surface area contributed by atoms with E-state index in [9.17, 15) is 4.79 Å². The average Bonchev–Trinajstić information content (AvgIpc) is 3.12. The highest BCUT2D eigenvalue weighted by Gasteiger charge is 2.30. The minimum atomic E-state index is 0.0370. The van der Waals surface area contributed by atoms with Crippen molar-refractivity contribution in [1.29, 1.82) is 0 Å². The topological polar surface area (TPSA) is 64.2 Å². The van der Waals surface area contributed by atoms with Crippen LogP contribution in [-0.2, 0) is 0 Å². The molecular formula is C17H24N4O2. The fourth-order valence-corrected chi connectivity index (χ4v) is 3.34. The van der Waals surface area contributed by atoms with Gasteiger partial charge in [-0.1, -0.05) is 19.0 Å². The number of likely N-dealkylation sites (tertiary alicyclic amines) is 1. The Morgan fingerprint density at radius 2 is 2.17 bits per heavy atom. The summed E-state index contributed by atoms with van der Waals surface area (Å²) in [6, 6.07) is 0.290. The Hall–Kier alpha value is -2.11. The van der Waals surface area contributed by atoms with Crippen LogP contribution in [0.15, 0.2) is 16.9 Å².